The minimum absolute atomic E-state index is 0.0426. The fourth-order valence-corrected chi connectivity index (χ4v) is 2.83. The van der Waals surface area contributed by atoms with Crippen LogP contribution >= 0.6 is 0 Å². The number of hydrogen-bond donors (Lipinski definition) is 0. The summed E-state index contributed by atoms with van der Waals surface area (Å²) in [6.45, 7) is 0.683. The first-order valence-corrected chi connectivity index (χ1v) is 7.75. The molecule has 1 aliphatic carbocycles. The van der Waals surface area contributed by atoms with Crippen molar-refractivity contribution < 1.29 is 14.3 Å². The largest absolute Gasteiger partial charge is 0.461 e. The van der Waals surface area contributed by atoms with Gasteiger partial charge in [-0.15, -0.1) is 0 Å². The van der Waals surface area contributed by atoms with E-state index < -0.39 is 0 Å². The number of carbonyl (C=O) groups excluding carboxylic acids is 2. The second kappa shape index (κ2) is 7.82. The first-order chi connectivity index (χ1) is 10.2. The summed E-state index contributed by atoms with van der Waals surface area (Å²) in [4.78, 5) is 25.6. The van der Waals surface area contributed by atoms with E-state index in [4.69, 9.17) is 10.00 Å². The molecular weight excluding hydrogens is 268 g/mol. The van der Waals surface area contributed by atoms with Gasteiger partial charge in [-0.3, -0.25) is 9.59 Å². The number of amides is 1. The van der Waals surface area contributed by atoms with Crippen LogP contribution in [-0.4, -0.2) is 36.0 Å². The Balaban J connectivity index is 1.82. The summed E-state index contributed by atoms with van der Waals surface area (Å²) in [6.07, 6.45) is 8.27. The van der Waals surface area contributed by atoms with E-state index in [1.54, 1.807) is 4.90 Å². The van der Waals surface area contributed by atoms with E-state index in [1.165, 1.54) is 0 Å². The smallest absolute Gasteiger partial charge is 0.325 e. The fraction of sp³-hybridized carbons (Fsp3) is 0.688. The van der Waals surface area contributed by atoms with Crippen LogP contribution in [0.2, 0.25) is 0 Å². The topological polar surface area (TPSA) is 70.4 Å². The van der Waals surface area contributed by atoms with Crippen LogP contribution < -0.4 is 0 Å². The van der Waals surface area contributed by atoms with Gasteiger partial charge in [-0.2, -0.15) is 5.26 Å². The summed E-state index contributed by atoms with van der Waals surface area (Å²) in [7, 11) is 0. The van der Waals surface area contributed by atoms with Crippen molar-refractivity contribution in [3.05, 3.63) is 11.6 Å². The molecule has 2 rings (SSSR count). The Morgan fingerprint density at radius 3 is 3.00 bits per heavy atom. The molecule has 5 heteroatoms. The highest BCUT2D eigenvalue weighted by atomic mass is 16.5. The number of likely N-dealkylation sites (tertiary alicyclic amines) is 1. The lowest BCUT2D eigenvalue weighted by molar-refractivity contribution is -0.154. The molecule has 0 bridgehead atoms. The predicted octanol–water partition coefficient (Wildman–Crippen LogP) is 2.32. The minimum Gasteiger partial charge on any atom is -0.461 e. The zero-order chi connectivity index (χ0) is 15.1. The Hall–Kier alpha value is -1.83. The van der Waals surface area contributed by atoms with Crippen LogP contribution in [0.25, 0.3) is 0 Å². The van der Waals surface area contributed by atoms with E-state index in [9.17, 15) is 9.59 Å². The van der Waals surface area contributed by atoms with E-state index in [-0.39, 0.29) is 24.5 Å². The number of hydrogen-bond acceptors (Lipinski definition) is 4. The van der Waals surface area contributed by atoms with Crippen molar-refractivity contribution in [1.82, 2.24) is 4.90 Å². The van der Waals surface area contributed by atoms with Crippen molar-refractivity contribution in [3.63, 3.8) is 0 Å². The van der Waals surface area contributed by atoms with Gasteiger partial charge >= 0.3 is 5.97 Å². The van der Waals surface area contributed by atoms with Crippen LogP contribution in [0.1, 0.15) is 51.4 Å². The van der Waals surface area contributed by atoms with Gasteiger partial charge in [0.15, 0.2) is 0 Å². The van der Waals surface area contributed by atoms with Gasteiger partial charge in [-0.1, -0.05) is 18.9 Å². The van der Waals surface area contributed by atoms with Crippen LogP contribution in [0, 0.1) is 11.3 Å². The summed E-state index contributed by atoms with van der Waals surface area (Å²) in [5.41, 5.74) is 0.682. The van der Waals surface area contributed by atoms with Gasteiger partial charge in [-0.25, -0.2) is 0 Å². The van der Waals surface area contributed by atoms with E-state index >= 15 is 0 Å². The van der Waals surface area contributed by atoms with Crippen LogP contribution in [-0.2, 0) is 14.3 Å². The maximum absolute atomic E-state index is 12.0. The third-order valence-electron chi connectivity index (χ3n) is 4.01. The van der Waals surface area contributed by atoms with E-state index in [1.807, 2.05) is 6.08 Å². The van der Waals surface area contributed by atoms with Crippen LogP contribution in [0.15, 0.2) is 11.6 Å². The van der Waals surface area contributed by atoms with Gasteiger partial charge in [0, 0.05) is 25.0 Å². The monoisotopic (exact) mass is 290 g/mol. The number of nitriles is 1. The van der Waals surface area contributed by atoms with E-state index in [0.717, 1.165) is 38.5 Å². The molecule has 1 fully saturated rings. The second-order valence-electron chi connectivity index (χ2n) is 5.71. The normalized spacial score (nSPS) is 23.6. The summed E-state index contributed by atoms with van der Waals surface area (Å²) >= 11 is 0. The van der Waals surface area contributed by atoms with Crippen molar-refractivity contribution in [2.75, 3.05) is 13.1 Å². The summed E-state index contributed by atoms with van der Waals surface area (Å²) < 4.78 is 5.42. The van der Waals surface area contributed by atoms with Gasteiger partial charge in [0.05, 0.1) is 6.07 Å². The molecule has 0 aromatic rings. The zero-order valence-electron chi connectivity index (χ0n) is 12.3. The van der Waals surface area contributed by atoms with Crippen LogP contribution in [0.3, 0.4) is 0 Å². The van der Waals surface area contributed by atoms with Crippen molar-refractivity contribution in [1.29, 1.82) is 5.26 Å². The molecule has 0 radical (unpaired) electrons. The molecule has 0 N–H and O–H groups in total. The predicted molar refractivity (Wildman–Crippen MR) is 77.1 cm³/mol. The third kappa shape index (κ3) is 4.89. The van der Waals surface area contributed by atoms with E-state index in [0.29, 0.717) is 25.0 Å². The molecule has 1 unspecified atom stereocenters. The van der Waals surface area contributed by atoms with Crippen LogP contribution in [0.5, 0.6) is 0 Å². The molecule has 0 spiro atoms. The summed E-state index contributed by atoms with van der Waals surface area (Å²) in [5, 5.41) is 8.88. The third-order valence-corrected chi connectivity index (χ3v) is 4.01. The SMILES string of the molecule is N#CC1=CCCC(OC(=O)CN2CCCCCCC2=O)C1. The average Bonchev–Trinajstić information content (AvgIpc) is 2.47. The fourth-order valence-electron chi connectivity index (χ4n) is 2.83. The first kappa shape index (κ1) is 15.6. The molecular formula is C16H22N2O3. The van der Waals surface area contributed by atoms with Crippen molar-refractivity contribution >= 4 is 11.9 Å². The Kier molecular flexibility index (Phi) is 5.79. The van der Waals surface area contributed by atoms with Crippen LogP contribution in [0.4, 0.5) is 0 Å². The molecule has 1 heterocycles. The molecule has 0 saturated carbocycles. The molecule has 0 aromatic carbocycles. The first-order valence-electron chi connectivity index (χ1n) is 7.75. The lowest BCUT2D eigenvalue weighted by Gasteiger charge is -2.26. The molecule has 2 aliphatic rings. The number of allylic oxidation sites excluding steroid dienone is 1. The molecule has 1 amide bonds. The van der Waals surface area contributed by atoms with Crippen molar-refractivity contribution in [2.24, 2.45) is 0 Å². The Bertz CT molecular complexity index is 465. The van der Waals surface area contributed by atoms with E-state index in [2.05, 4.69) is 6.07 Å². The highest BCUT2D eigenvalue weighted by Crippen LogP contribution is 2.20. The minimum atomic E-state index is -0.354. The van der Waals surface area contributed by atoms with Crippen molar-refractivity contribution in [2.45, 2.75) is 57.5 Å². The quantitative estimate of drug-likeness (QED) is 0.748. The summed E-state index contributed by atoms with van der Waals surface area (Å²) in [5.74, 6) is -0.305. The molecule has 1 aliphatic heterocycles. The maximum Gasteiger partial charge on any atom is 0.325 e. The average molecular weight is 290 g/mol. The molecule has 5 nitrogen and oxygen atoms in total. The Morgan fingerprint density at radius 1 is 1.38 bits per heavy atom. The lowest BCUT2D eigenvalue weighted by Crippen LogP contribution is -2.39. The number of nitrogens with zero attached hydrogens (tertiary/aromatic N) is 2. The standard InChI is InChI=1S/C16H22N2O3/c17-11-13-6-5-7-14(10-13)21-16(20)12-18-9-4-2-1-3-8-15(18)19/h6,14H,1-5,7-10,12H2. The maximum atomic E-state index is 12.0. The lowest BCUT2D eigenvalue weighted by atomic mass is 9.98. The molecule has 1 atom stereocenters. The molecule has 21 heavy (non-hydrogen) atoms. The Morgan fingerprint density at radius 2 is 2.19 bits per heavy atom. The second-order valence-corrected chi connectivity index (χ2v) is 5.71. The van der Waals surface area contributed by atoms with Crippen molar-refractivity contribution in [3.8, 4) is 6.07 Å². The van der Waals surface area contributed by atoms with Gasteiger partial charge in [-0.05, 0) is 25.7 Å². The van der Waals surface area contributed by atoms with Gasteiger partial charge in [0.1, 0.15) is 12.6 Å². The van der Waals surface area contributed by atoms with Gasteiger partial charge in [0.25, 0.3) is 0 Å². The molecule has 0 aromatic heterocycles. The molecule has 1 saturated heterocycles. The Labute approximate surface area is 125 Å². The highest BCUT2D eigenvalue weighted by Gasteiger charge is 2.23. The number of esters is 1. The van der Waals surface area contributed by atoms with Gasteiger partial charge in [0.2, 0.25) is 5.91 Å². The van der Waals surface area contributed by atoms with Gasteiger partial charge < -0.3 is 9.64 Å². The number of rotatable bonds is 3. The molecule has 114 valence electrons. The number of ether oxygens (including phenoxy) is 1. The number of carbonyl (C=O) groups is 2. The zero-order valence-corrected chi connectivity index (χ0v) is 12.3. The highest BCUT2D eigenvalue weighted by molar-refractivity contribution is 5.82. The summed E-state index contributed by atoms with van der Waals surface area (Å²) in [6, 6.07) is 2.12.